The monoisotopic (exact) mass is 185 g/mol. The van der Waals surface area contributed by atoms with Crippen molar-refractivity contribution in [1.29, 1.82) is 0 Å². The molecular weight excluding hydrogens is 160 g/mol. The Morgan fingerprint density at radius 1 is 0.846 bits per heavy atom. The van der Waals surface area contributed by atoms with Crippen LogP contribution in [-0.2, 0) is 0 Å². The van der Waals surface area contributed by atoms with Gasteiger partial charge < -0.3 is 5.11 Å². The highest BCUT2D eigenvalue weighted by molar-refractivity contribution is 4.64. The Bertz CT molecular complexity index is 71.2. The number of rotatable bonds is 10. The fourth-order valence-electron chi connectivity index (χ4n) is 1.44. The summed E-state index contributed by atoms with van der Waals surface area (Å²) < 4.78 is 0. The smallest absolute Gasteiger partial charge is 0.0431 e. The van der Waals surface area contributed by atoms with Crippen LogP contribution >= 0.6 is 0 Å². The Balaban J connectivity index is 2.76. The first-order valence-electron chi connectivity index (χ1n) is 5.84. The molecule has 1 nitrogen and oxygen atoms in total. The van der Waals surface area contributed by atoms with Gasteiger partial charge >= 0.3 is 0 Å². The van der Waals surface area contributed by atoms with Gasteiger partial charge in [0, 0.05) is 6.61 Å². The van der Waals surface area contributed by atoms with Crippen molar-refractivity contribution in [2.75, 3.05) is 6.61 Å². The Morgan fingerprint density at radius 3 is 2.00 bits per heavy atom. The standard InChI is InChI=1S/C12H25O/c1-2-3-4-5-6-7-8-9-10-11-12-13/h7,13H,2-6,8-12H2,1H3. The summed E-state index contributed by atoms with van der Waals surface area (Å²) in [6.07, 6.45) is 13.8. The molecular formula is C12H25O. The molecule has 0 saturated heterocycles. The summed E-state index contributed by atoms with van der Waals surface area (Å²) in [5, 5.41) is 8.56. The highest BCUT2D eigenvalue weighted by atomic mass is 16.2. The minimum Gasteiger partial charge on any atom is -0.396 e. The largest absolute Gasteiger partial charge is 0.396 e. The van der Waals surface area contributed by atoms with Gasteiger partial charge in [0.25, 0.3) is 0 Å². The predicted molar refractivity (Wildman–Crippen MR) is 58.6 cm³/mol. The second-order valence-corrected chi connectivity index (χ2v) is 3.71. The van der Waals surface area contributed by atoms with Crippen molar-refractivity contribution in [1.82, 2.24) is 0 Å². The fourth-order valence-corrected chi connectivity index (χ4v) is 1.44. The van der Waals surface area contributed by atoms with Crippen LogP contribution in [0.25, 0.3) is 0 Å². The summed E-state index contributed by atoms with van der Waals surface area (Å²) in [7, 11) is 0. The Hall–Kier alpha value is -0.0400. The van der Waals surface area contributed by atoms with E-state index >= 15 is 0 Å². The van der Waals surface area contributed by atoms with Crippen LogP contribution in [0.4, 0.5) is 0 Å². The fraction of sp³-hybridized carbons (Fsp3) is 0.917. The van der Waals surface area contributed by atoms with Crippen molar-refractivity contribution in [2.24, 2.45) is 0 Å². The van der Waals surface area contributed by atoms with Crippen molar-refractivity contribution in [2.45, 2.75) is 64.7 Å². The lowest BCUT2D eigenvalue weighted by Crippen LogP contribution is -1.84. The molecule has 0 amide bonds. The zero-order chi connectivity index (χ0) is 9.78. The summed E-state index contributed by atoms with van der Waals surface area (Å²) in [6.45, 7) is 2.61. The molecule has 0 atom stereocenters. The second-order valence-electron chi connectivity index (χ2n) is 3.71. The van der Waals surface area contributed by atoms with E-state index < -0.39 is 0 Å². The van der Waals surface area contributed by atoms with Crippen molar-refractivity contribution >= 4 is 0 Å². The van der Waals surface area contributed by atoms with E-state index in [1.165, 1.54) is 51.4 Å². The van der Waals surface area contributed by atoms with E-state index in [2.05, 4.69) is 13.3 Å². The van der Waals surface area contributed by atoms with Gasteiger partial charge in [0.05, 0.1) is 0 Å². The van der Waals surface area contributed by atoms with Gasteiger partial charge in [-0.2, -0.15) is 0 Å². The van der Waals surface area contributed by atoms with Gasteiger partial charge in [0.2, 0.25) is 0 Å². The van der Waals surface area contributed by atoms with Crippen molar-refractivity contribution in [3.63, 3.8) is 0 Å². The molecule has 13 heavy (non-hydrogen) atoms. The molecule has 1 heteroatoms. The van der Waals surface area contributed by atoms with Gasteiger partial charge in [0.15, 0.2) is 0 Å². The topological polar surface area (TPSA) is 20.2 Å². The van der Waals surface area contributed by atoms with Gasteiger partial charge in [-0.25, -0.2) is 0 Å². The van der Waals surface area contributed by atoms with Gasteiger partial charge in [-0.05, 0) is 12.8 Å². The molecule has 0 aliphatic carbocycles. The van der Waals surface area contributed by atoms with Gasteiger partial charge in [0.1, 0.15) is 0 Å². The molecule has 0 rings (SSSR count). The molecule has 0 spiro atoms. The normalized spacial score (nSPS) is 10.6. The summed E-state index contributed by atoms with van der Waals surface area (Å²) >= 11 is 0. The van der Waals surface area contributed by atoms with E-state index in [0.29, 0.717) is 6.61 Å². The molecule has 1 radical (unpaired) electrons. The highest BCUT2D eigenvalue weighted by Crippen LogP contribution is 2.09. The third-order valence-corrected chi connectivity index (χ3v) is 2.33. The van der Waals surface area contributed by atoms with E-state index in [1.54, 1.807) is 0 Å². The van der Waals surface area contributed by atoms with Gasteiger partial charge in [-0.15, -0.1) is 0 Å². The van der Waals surface area contributed by atoms with E-state index in [1.807, 2.05) is 0 Å². The summed E-state index contributed by atoms with van der Waals surface area (Å²) in [4.78, 5) is 0. The minimum atomic E-state index is 0.358. The molecule has 0 bridgehead atoms. The average Bonchev–Trinajstić information content (AvgIpc) is 2.16. The van der Waals surface area contributed by atoms with Crippen molar-refractivity contribution in [3.8, 4) is 0 Å². The van der Waals surface area contributed by atoms with Crippen LogP contribution in [-0.4, -0.2) is 11.7 Å². The quantitative estimate of drug-likeness (QED) is 0.514. The summed E-state index contributed by atoms with van der Waals surface area (Å²) in [5.41, 5.74) is 0. The first-order chi connectivity index (χ1) is 6.41. The van der Waals surface area contributed by atoms with Crippen LogP contribution in [0, 0.1) is 6.42 Å². The number of hydrogen-bond acceptors (Lipinski definition) is 1. The van der Waals surface area contributed by atoms with Gasteiger partial charge in [-0.3, -0.25) is 0 Å². The van der Waals surface area contributed by atoms with Crippen LogP contribution in [0.3, 0.4) is 0 Å². The first-order valence-corrected chi connectivity index (χ1v) is 5.84. The third kappa shape index (κ3) is 12.0. The molecule has 0 fully saturated rings. The van der Waals surface area contributed by atoms with Crippen LogP contribution in [0.5, 0.6) is 0 Å². The van der Waals surface area contributed by atoms with E-state index in [4.69, 9.17) is 5.11 Å². The van der Waals surface area contributed by atoms with E-state index in [9.17, 15) is 0 Å². The maximum atomic E-state index is 8.56. The molecule has 0 aliphatic heterocycles. The molecule has 0 saturated carbocycles. The lowest BCUT2D eigenvalue weighted by atomic mass is 10.1. The van der Waals surface area contributed by atoms with Crippen molar-refractivity contribution < 1.29 is 5.11 Å². The van der Waals surface area contributed by atoms with Gasteiger partial charge in [-0.1, -0.05) is 58.3 Å². The Morgan fingerprint density at radius 2 is 1.46 bits per heavy atom. The summed E-state index contributed by atoms with van der Waals surface area (Å²) in [6, 6.07) is 0. The van der Waals surface area contributed by atoms with E-state index in [0.717, 1.165) is 6.42 Å². The zero-order valence-electron chi connectivity index (χ0n) is 9.10. The maximum Gasteiger partial charge on any atom is 0.0431 e. The molecule has 0 aromatic rings. The number of hydrogen-bond donors (Lipinski definition) is 1. The second kappa shape index (κ2) is 12.0. The first kappa shape index (κ1) is 13.0. The lowest BCUT2D eigenvalue weighted by Gasteiger charge is -2.00. The molecule has 0 unspecified atom stereocenters. The molecule has 0 heterocycles. The third-order valence-electron chi connectivity index (χ3n) is 2.33. The van der Waals surface area contributed by atoms with Crippen molar-refractivity contribution in [3.05, 3.63) is 6.42 Å². The molecule has 0 aliphatic rings. The highest BCUT2D eigenvalue weighted by Gasteiger charge is 1.91. The van der Waals surface area contributed by atoms with E-state index in [-0.39, 0.29) is 0 Å². The predicted octanol–water partition coefficient (Wildman–Crippen LogP) is 3.71. The lowest BCUT2D eigenvalue weighted by molar-refractivity contribution is 0.283. The zero-order valence-corrected chi connectivity index (χ0v) is 9.10. The maximum absolute atomic E-state index is 8.56. The molecule has 0 aromatic heterocycles. The minimum absolute atomic E-state index is 0.358. The summed E-state index contributed by atoms with van der Waals surface area (Å²) in [5.74, 6) is 0. The number of aliphatic hydroxyl groups excluding tert-OH is 1. The SMILES string of the molecule is CCCCCC[CH]CCCCCO. The number of aliphatic hydroxyl groups is 1. The molecule has 1 N–H and O–H groups in total. The average molecular weight is 185 g/mol. The Labute approximate surface area is 83.5 Å². The van der Waals surface area contributed by atoms with Crippen LogP contribution < -0.4 is 0 Å². The molecule has 0 aromatic carbocycles. The molecule has 79 valence electrons. The van der Waals surface area contributed by atoms with Crippen LogP contribution in [0.1, 0.15) is 64.7 Å². The number of unbranched alkanes of at least 4 members (excludes halogenated alkanes) is 9. The Kier molecular flexibility index (Phi) is 11.9. The van der Waals surface area contributed by atoms with Crippen LogP contribution in [0.2, 0.25) is 0 Å². The van der Waals surface area contributed by atoms with Crippen LogP contribution in [0.15, 0.2) is 0 Å².